The van der Waals surface area contributed by atoms with Crippen LogP contribution in [0.25, 0.3) is 0 Å². The molecule has 1 aliphatic rings. The Bertz CT molecular complexity index is 473. The molecule has 2 unspecified atom stereocenters. The Morgan fingerprint density at radius 2 is 2.00 bits per heavy atom. The van der Waals surface area contributed by atoms with Crippen LogP contribution >= 0.6 is 0 Å². The molecule has 20 heavy (non-hydrogen) atoms. The summed E-state index contributed by atoms with van der Waals surface area (Å²) in [6, 6.07) is 8.61. The van der Waals surface area contributed by atoms with Crippen molar-refractivity contribution in [1.29, 1.82) is 0 Å². The molecule has 1 fully saturated rings. The third kappa shape index (κ3) is 3.36. The molecular formula is C15H20N2O3. The number of aliphatic hydroxyl groups is 1. The summed E-state index contributed by atoms with van der Waals surface area (Å²) >= 11 is 0. The molecular weight excluding hydrogens is 256 g/mol. The van der Waals surface area contributed by atoms with E-state index < -0.39 is 17.9 Å². The monoisotopic (exact) mass is 276 g/mol. The van der Waals surface area contributed by atoms with Gasteiger partial charge in [0, 0.05) is 12.2 Å². The quantitative estimate of drug-likeness (QED) is 0.802. The lowest BCUT2D eigenvalue weighted by molar-refractivity contribution is -0.147. The zero-order valence-electron chi connectivity index (χ0n) is 11.6. The van der Waals surface area contributed by atoms with Gasteiger partial charge in [-0.1, -0.05) is 18.2 Å². The molecule has 2 N–H and O–H groups in total. The number of aliphatic hydroxyl groups excluding tert-OH is 1. The highest BCUT2D eigenvalue weighted by Gasteiger charge is 2.33. The summed E-state index contributed by atoms with van der Waals surface area (Å²) in [6.45, 7) is 2.18. The first-order valence-electron chi connectivity index (χ1n) is 6.94. The Morgan fingerprint density at radius 1 is 1.30 bits per heavy atom. The van der Waals surface area contributed by atoms with Crippen molar-refractivity contribution in [3.8, 4) is 0 Å². The molecule has 0 spiro atoms. The standard InChI is InChI=1S/C15H20N2O3/c1-11(18)13-9-5-6-10-17(13)15(20)14(19)16-12-7-3-2-4-8-12/h2-4,7-8,11,13,18H,5-6,9-10H2,1H3,(H,16,19). The summed E-state index contributed by atoms with van der Waals surface area (Å²) in [7, 11) is 0. The first-order chi connectivity index (χ1) is 9.59. The van der Waals surface area contributed by atoms with Gasteiger partial charge in [0.1, 0.15) is 0 Å². The van der Waals surface area contributed by atoms with E-state index in [1.165, 1.54) is 4.90 Å². The van der Waals surface area contributed by atoms with E-state index in [2.05, 4.69) is 5.32 Å². The number of para-hydroxylation sites is 1. The molecule has 1 aliphatic heterocycles. The topological polar surface area (TPSA) is 69.6 Å². The summed E-state index contributed by atoms with van der Waals surface area (Å²) in [5.41, 5.74) is 0.594. The van der Waals surface area contributed by atoms with Crippen LogP contribution in [-0.2, 0) is 9.59 Å². The van der Waals surface area contributed by atoms with Gasteiger partial charge in [-0.3, -0.25) is 9.59 Å². The number of hydrogen-bond donors (Lipinski definition) is 2. The smallest absolute Gasteiger partial charge is 0.313 e. The zero-order valence-corrected chi connectivity index (χ0v) is 11.6. The van der Waals surface area contributed by atoms with E-state index in [4.69, 9.17) is 0 Å². The average Bonchev–Trinajstić information content (AvgIpc) is 2.47. The van der Waals surface area contributed by atoms with E-state index in [0.717, 1.165) is 19.3 Å². The molecule has 1 heterocycles. The number of carbonyl (C=O) groups is 2. The second-order valence-electron chi connectivity index (χ2n) is 5.12. The number of nitrogens with one attached hydrogen (secondary N) is 1. The molecule has 0 saturated carbocycles. The van der Waals surface area contributed by atoms with Crippen LogP contribution < -0.4 is 5.32 Å². The third-order valence-corrected chi connectivity index (χ3v) is 3.59. The molecule has 0 aliphatic carbocycles. The minimum absolute atomic E-state index is 0.266. The van der Waals surface area contributed by atoms with Gasteiger partial charge in [-0.15, -0.1) is 0 Å². The minimum Gasteiger partial charge on any atom is -0.391 e. The first-order valence-corrected chi connectivity index (χ1v) is 6.94. The molecule has 2 atom stereocenters. The van der Waals surface area contributed by atoms with E-state index >= 15 is 0 Å². The molecule has 5 heteroatoms. The van der Waals surface area contributed by atoms with Crippen molar-refractivity contribution < 1.29 is 14.7 Å². The van der Waals surface area contributed by atoms with Crippen molar-refractivity contribution in [3.05, 3.63) is 30.3 Å². The fourth-order valence-electron chi connectivity index (χ4n) is 2.55. The van der Waals surface area contributed by atoms with Crippen molar-refractivity contribution in [2.24, 2.45) is 0 Å². The van der Waals surface area contributed by atoms with Gasteiger partial charge in [-0.2, -0.15) is 0 Å². The first kappa shape index (κ1) is 14.5. The number of rotatable bonds is 2. The number of piperidine rings is 1. The van der Waals surface area contributed by atoms with Crippen LogP contribution in [0.3, 0.4) is 0 Å². The predicted octanol–water partition coefficient (Wildman–Crippen LogP) is 1.39. The van der Waals surface area contributed by atoms with E-state index in [-0.39, 0.29) is 6.04 Å². The van der Waals surface area contributed by atoms with E-state index in [9.17, 15) is 14.7 Å². The maximum absolute atomic E-state index is 12.2. The van der Waals surface area contributed by atoms with Crippen LogP contribution in [0.5, 0.6) is 0 Å². The highest BCUT2D eigenvalue weighted by molar-refractivity contribution is 6.39. The minimum atomic E-state index is -0.649. The van der Waals surface area contributed by atoms with Crippen molar-refractivity contribution in [2.45, 2.75) is 38.3 Å². The summed E-state index contributed by atoms with van der Waals surface area (Å²) in [5.74, 6) is -1.22. The highest BCUT2D eigenvalue weighted by atomic mass is 16.3. The SMILES string of the molecule is CC(O)C1CCCCN1C(=O)C(=O)Nc1ccccc1. The third-order valence-electron chi connectivity index (χ3n) is 3.59. The number of carbonyl (C=O) groups excluding carboxylic acids is 2. The van der Waals surface area contributed by atoms with Gasteiger partial charge < -0.3 is 15.3 Å². The molecule has 1 saturated heterocycles. The fraction of sp³-hybridized carbons (Fsp3) is 0.467. The van der Waals surface area contributed by atoms with Crippen molar-refractivity contribution in [2.75, 3.05) is 11.9 Å². The van der Waals surface area contributed by atoms with Crippen molar-refractivity contribution in [1.82, 2.24) is 4.90 Å². The Hall–Kier alpha value is -1.88. The van der Waals surface area contributed by atoms with Crippen molar-refractivity contribution >= 4 is 17.5 Å². The molecule has 0 aromatic heterocycles. The van der Waals surface area contributed by atoms with Gasteiger partial charge in [0.25, 0.3) is 0 Å². The Morgan fingerprint density at radius 3 is 2.65 bits per heavy atom. The lowest BCUT2D eigenvalue weighted by Gasteiger charge is -2.36. The summed E-state index contributed by atoms with van der Waals surface area (Å²) in [4.78, 5) is 25.7. The Labute approximate surface area is 118 Å². The van der Waals surface area contributed by atoms with E-state index in [1.54, 1.807) is 31.2 Å². The molecule has 0 radical (unpaired) electrons. The molecule has 5 nitrogen and oxygen atoms in total. The lowest BCUT2D eigenvalue weighted by Crippen LogP contribution is -2.52. The highest BCUT2D eigenvalue weighted by Crippen LogP contribution is 2.20. The maximum Gasteiger partial charge on any atom is 0.313 e. The van der Waals surface area contributed by atoms with Crippen LogP contribution in [0.4, 0.5) is 5.69 Å². The zero-order chi connectivity index (χ0) is 14.5. The van der Waals surface area contributed by atoms with Crippen molar-refractivity contribution in [3.63, 3.8) is 0 Å². The molecule has 1 aromatic carbocycles. The number of benzene rings is 1. The van der Waals surface area contributed by atoms with E-state index in [0.29, 0.717) is 12.2 Å². The van der Waals surface area contributed by atoms with Gasteiger partial charge >= 0.3 is 11.8 Å². The summed E-state index contributed by atoms with van der Waals surface area (Å²) < 4.78 is 0. The normalized spacial score (nSPS) is 20.3. The molecule has 0 bridgehead atoms. The summed E-state index contributed by atoms with van der Waals surface area (Å²) in [6.07, 6.45) is 1.96. The Kier molecular flexibility index (Phi) is 4.74. The van der Waals surface area contributed by atoms with Crippen LogP contribution in [-0.4, -0.2) is 40.5 Å². The van der Waals surface area contributed by atoms with Gasteiger partial charge in [-0.05, 0) is 38.3 Å². The van der Waals surface area contributed by atoms with Crippen LogP contribution in [0, 0.1) is 0 Å². The second-order valence-corrected chi connectivity index (χ2v) is 5.12. The van der Waals surface area contributed by atoms with Crippen LogP contribution in [0.15, 0.2) is 30.3 Å². The Balaban J connectivity index is 2.03. The van der Waals surface area contributed by atoms with Gasteiger partial charge in [0.2, 0.25) is 0 Å². The van der Waals surface area contributed by atoms with Crippen LogP contribution in [0.2, 0.25) is 0 Å². The number of likely N-dealkylation sites (tertiary alicyclic amines) is 1. The van der Waals surface area contributed by atoms with Gasteiger partial charge in [0.15, 0.2) is 0 Å². The molecule has 2 amide bonds. The largest absolute Gasteiger partial charge is 0.391 e. The van der Waals surface area contributed by atoms with Gasteiger partial charge in [-0.25, -0.2) is 0 Å². The van der Waals surface area contributed by atoms with Crippen LogP contribution in [0.1, 0.15) is 26.2 Å². The molecule has 1 aromatic rings. The number of amides is 2. The number of hydrogen-bond acceptors (Lipinski definition) is 3. The second kappa shape index (κ2) is 6.52. The predicted molar refractivity (Wildman–Crippen MR) is 76.1 cm³/mol. The summed E-state index contributed by atoms with van der Waals surface area (Å²) in [5, 5.41) is 12.3. The fourth-order valence-corrected chi connectivity index (χ4v) is 2.55. The molecule has 2 rings (SSSR count). The number of nitrogens with zero attached hydrogens (tertiary/aromatic N) is 1. The number of anilines is 1. The molecule has 108 valence electrons. The van der Waals surface area contributed by atoms with E-state index in [1.807, 2.05) is 6.07 Å². The average molecular weight is 276 g/mol. The lowest BCUT2D eigenvalue weighted by atomic mass is 9.98. The maximum atomic E-state index is 12.2. The van der Waals surface area contributed by atoms with Gasteiger partial charge in [0.05, 0.1) is 12.1 Å².